The number of nitrogens with one attached hydrogen (secondary N) is 1. The standard InChI is InChI=1S/C27H25NO4/c1-18(29)28-23-10-12-24(13-11-23)32-17-22-16-19(7-14-26(22)31-2)15-21-9-8-20-5-3-4-6-25(20)27(21)30/h3-7,10-16H,8-9,17H2,1-2H3,(H,28,29)/b21-15+. The molecule has 3 aromatic carbocycles. The number of ether oxygens (including phenoxy) is 2. The molecule has 4 rings (SSSR count). The van der Waals surface area contributed by atoms with Crippen molar-refractivity contribution >= 4 is 23.5 Å². The van der Waals surface area contributed by atoms with Crippen LogP contribution in [0.15, 0.2) is 72.3 Å². The first-order valence-corrected chi connectivity index (χ1v) is 10.5. The topological polar surface area (TPSA) is 64.6 Å². The first kappa shape index (κ1) is 21.4. The predicted octanol–water partition coefficient (Wildman–Crippen LogP) is 5.45. The van der Waals surface area contributed by atoms with Gasteiger partial charge in [0.1, 0.15) is 18.1 Å². The van der Waals surface area contributed by atoms with Gasteiger partial charge in [-0.1, -0.05) is 30.3 Å². The Labute approximate surface area is 187 Å². The Morgan fingerprint density at radius 1 is 1.03 bits per heavy atom. The van der Waals surface area contributed by atoms with Crippen LogP contribution in [0.25, 0.3) is 6.08 Å². The number of hydrogen-bond donors (Lipinski definition) is 1. The third kappa shape index (κ3) is 4.89. The molecule has 0 aromatic heterocycles. The Bertz CT molecular complexity index is 1180. The minimum atomic E-state index is -0.116. The second kappa shape index (κ2) is 9.52. The van der Waals surface area contributed by atoms with Gasteiger partial charge >= 0.3 is 0 Å². The molecule has 0 saturated heterocycles. The van der Waals surface area contributed by atoms with E-state index in [1.54, 1.807) is 19.2 Å². The lowest BCUT2D eigenvalue weighted by molar-refractivity contribution is -0.114. The lowest BCUT2D eigenvalue weighted by Gasteiger charge is -2.17. The fourth-order valence-electron chi connectivity index (χ4n) is 3.85. The van der Waals surface area contributed by atoms with Gasteiger partial charge in [-0.25, -0.2) is 0 Å². The number of benzene rings is 3. The molecule has 5 heteroatoms. The molecule has 0 bridgehead atoms. The molecule has 1 aliphatic carbocycles. The molecular weight excluding hydrogens is 402 g/mol. The Morgan fingerprint density at radius 2 is 1.81 bits per heavy atom. The van der Waals surface area contributed by atoms with Crippen molar-refractivity contribution in [2.75, 3.05) is 12.4 Å². The number of anilines is 1. The number of aryl methyl sites for hydroxylation is 1. The number of Topliss-reactive ketones (excluding diaryl/α,β-unsaturated/α-hetero) is 1. The van der Waals surface area contributed by atoms with Crippen molar-refractivity contribution < 1.29 is 19.1 Å². The summed E-state index contributed by atoms with van der Waals surface area (Å²) in [5.41, 5.74) is 5.27. The van der Waals surface area contributed by atoms with E-state index < -0.39 is 0 Å². The van der Waals surface area contributed by atoms with Crippen molar-refractivity contribution in [1.82, 2.24) is 0 Å². The maximum absolute atomic E-state index is 12.9. The molecule has 0 atom stereocenters. The highest BCUT2D eigenvalue weighted by Gasteiger charge is 2.21. The SMILES string of the molecule is COc1ccc(/C=C2\CCc3ccccc3C2=O)cc1COc1ccc(NC(C)=O)cc1. The van der Waals surface area contributed by atoms with Crippen LogP contribution in [0.5, 0.6) is 11.5 Å². The number of ketones is 1. The van der Waals surface area contributed by atoms with Crippen LogP contribution >= 0.6 is 0 Å². The number of amides is 1. The normalized spacial score (nSPS) is 14.1. The highest BCUT2D eigenvalue weighted by atomic mass is 16.5. The summed E-state index contributed by atoms with van der Waals surface area (Å²) in [7, 11) is 1.63. The second-order valence-corrected chi connectivity index (χ2v) is 7.72. The average Bonchev–Trinajstić information content (AvgIpc) is 2.80. The van der Waals surface area contributed by atoms with E-state index >= 15 is 0 Å². The van der Waals surface area contributed by atoms with Crippen LogP contribution in [0.4, 0.5) is 5.69 Å². The fourth-order valence-corrected chi connectivity index (χ4v) is 3.85. The van der Waals surface area contributed by atoms with E-state index in [0.29, 0.717) is 12.4 Å². The third-order valence-electron chi connectivity index (χ3n) is 5.43. The summed E-state index contributed by atoms with van der Waals surface area (Å²) in [6, 6.07) is 20.8. The molecule has 0 spiro atoms. The fraction of sp³-hybridized carbons (Fsp3) is 0.185. The van der Waals surface area contributed by atoms with E-state index in [1.165, 1.54) is 6.92 Å². The molecule has 1 N–H and O–H groups in total. The molecule has 1 amide bonds. The maximum Gasteiger partial charge on any atom is 0.221 e. The molecule has 0 unspecified atom stereocenters. The van der Waals surface area contributed by atoms with Crippen LogP contribution < -0.4 is 14.8 Å². The zero-order chi connectivity index (χ0) is 22.5. The van der Waals surface area contributed by atoms with E-state index in [0.717, 1.165) is 52.1 Å². The zero-order valence-corrected chi connectivity index (χ0v) is 18.2. The molecule has 32 heavy (non-hydrogen) atoms. The number of rotatable bonds is 6. The van der Waals surface area contributed by atoms with Gasteiger partial charge in [0.15, 0.2) is 5.78 Å². The Kier molecular flexibility index (Phi) is 6.36. The zero-order valence-electron chi connectivity index (χ0n) is 18.2. The molecule has 1 aliphatic rings. The first-order chi connectivity index (χ1) is 15.5. The van der Waals surface area contributed by atoms with Crippen LogP contribution in [-0.4, -0.2) is 18.8 Å². The van der Waals surface area contributed by atoms with E-state index in [9.17, 15) is 9.59 Å². The second-order valence-electron chi connectivity index (χ2n) is 7.72. The minimum Gasteiger partial charge on any atom is -0.496 e. The average molecular weight is 428 g/mol. The molecule has 5 nitrogen and oxygen atoms in total. The van der Waals surface area contributed by atoms with Crippen molar-refractivity contribution in [2.45, 2.75) is 26.4 Å². The van der Waals surface area contributed by atoms with Gasteiger partial charge < -0.3 is 14.8 Å². The monoisotopic (exact) mass is 427 g/mol. The van der Waals surface area contributed by atoms with E-state index in [2.05, 4.69) is 5.32 Å². The van der Waals surface area contributed by atoms with Crippen LogP contribution in [0.1, 0.15) is 40.4 Å². The molecule has 0 aliphatic heterocycles. The molecule has 0 fully saturated rings. The van der Waals surface area contributed by atoms with Gasteiger partial charge in [0, 0.05) is 29.3 Å². The van der Waals surface area contributed by atoms with E-state index in [-0.39, 0.29) is 11.7 Å². The van der Waals surface area contributed by atoms with Crippen LogP contribution in [-0.2, 0) is 17.8 Å². The van der Waals surface area contributed by atoms with Crippen molar-refractivity contribution in [2.24, 2.45) is 0 Å². The van der Waals surface area contributed by atoms with Gasteiger partial charge in [-0.15, -0.1) is 0 Å². The minimum absolute atomic E-state index is 0.0970. The van der Waals surface area contributed by atoms with Gasteiger partial charge in [0.25, 0.3) is 0 Å². The van der Waals surface area contributed by atoms with Crippen LogP contribution in [0, 0.1) is 0 Å². The lowest BCUT2D eigenvalue weighted by Crippen LogP contribution is -2.13. The summed E-state index contributed by atoms with van der Waals surface area (Å²) in [6.07, 6.45) is 3.56. The number of hydrogen-bond acceptors (Lipinski definition) is 4. The molecular formula is C27H25NO4. The number of carbonyl (C=O) groups excluding carboxylic acids is 2. The summed E-state index contributed by atoms with van der Waals surface area (Å²) in [5, 5.41) is 2.73. The van der Waals surface area contributed by atoms with Crippen molar-refractivity contribution in [3.05, 3.63) is 94.6 Å². The number of carbonyl (C=O) groups is 2. The van der Waals surface area contributed by atoms with E-state index in [4.69, 9.17) is 9.47 Å². The predicted molar refractivity (Wildman–Crippen MR) is 125 cm³/mol. The van der Waals surface area contributed by atoms with Crippen molar-refractivity contribution in [3.63, 3.8) is 0 Å². The van der Waals surface area contributed by atoms with Crippen LogP contribution in [0.3, 0.4) is 0 Å². The van der Waals surface area contributed by atoms with Gasteiger partial charge in [-0.05, 0) is 66.4 Å². The smallest absolute Gasteiger partial charge is 0.221 e. The summed E-state index contributed by atoms with van der Waals surface area (Å²) in [6.45, 7) is 1.79. The summed E-state index contributed by atoms with van der Waals surface area (Å²) < 4.78 is 11.4. The third-order valence-corrected chi connectivity index (χ3v) is 5.43. The Morgan fingerprint density at radius 3 is 2.56 bits per heavy atom. The number of methoxy groups -OCH3 is 1. The molecule has 162 valence electrons. The summed E-state index contributed by atoms with van der Waals surface area (Å²) in [4.78, 5) is 24.0. The quantitative estimate of drug-likeness (QED) is 0.532. The Hall–Kier alpha value is -3.86. The van der Waals surface area contributed by atoms with Crippen LogP contribution in [0.2, 0.25) is 0 Å². The molecule has 0 saturated carbocycles. The highest BCUT2D eigenvalue weighted by molar-refractivity contribution is 6.13. The largest absolute Gasteiger partial charge is 0.496 e. The van der Waals surface area contributed by atoms with Crippen molar-refractivity contribution in [3.8, 4) is 11.5 Å². The molecule has 3 aromatic rings. The van der Waals surface area contributed by atoms with E-state index in [1.807, 2.05) is 60.7 Å². The maximum atomic E-state index is 12.9. The van der Waals surface area contributed by atoms with Gasteiger partial charge in [0.05, 0.1) is 7.11 Å². The lowest BCUT2D eigenvalue weighted by atomic mass is 9.86. The summed E-state index contributed by atoms with van der Waals surface area (Å²) >= 11 is 0. The van der Waals surface area contributed by atoms with Gasteiger partial charge in [0.2, 0.25) is 5.91 Å². The summed E-state index contributed by atoms with van der Waals surface area (Å²) in [5.74, 6) is 1.39. The first-order valence-electron chi connectivity index (χ1n) is 10.5. The number of fused-ring (bicyclic) bond motifs is 1. The molecule has 0 radical (unpaired) electrons. The highest BCUT2D eigenvalue weighted by Crippen LogP contribution is 2.28. The molecule has 0 heterocycles. The van der Waals surface area contributed by atoms with Gasteiger partial charge in [-0.2, -0.15) is 0 Å². The number of allylic oxidation sites excluding steroid dienone is 1. The Balaban J connectivity index is 1.51. The van der Waals surface area contributed by atoms with Crippen molar-refractivity contribution in [1.29, 1.82) is 0 Å². The van der Waals surface area contributed by atoms with Gasteiger partial charge in [-0.3, -0.25) is 9.59 Å².